The molecule has 0 amide bonds. The number of carbonyl (C=O) groups is 1. The van der Waals surface area contributed by atoms with Gasteiger partial charge in [-0.1, -0.05) is 12.8 Å². The third-order valence-corrected chi connectivity index (χ3v) is 9.97. The van der Waals surface area contributed by atoms with Crippen molar-refractivity contribution >= 4 is 15.6 Å². The van der Waals surface area contributed by atoms with Gasteiger partial charge in [0.1, 0.15) is 18.1 Å². The van der Waals surface area contributed by atoms with Crippen LogP contribution >= 0.6 is 0 Å². The van der Waals surface area contributed by atoms with Gasteiger partial charge in [-0.2, -0.15) is 0 Å². The predicted octanol–water partition coefficient (Wildman–Crippen LogP) is 4.75. The van der Waals surface area contributed by atoms with Gasteiger partial charge in [0.05, 0.1) is 17.0 Å². The molecule has 176 valence electrons. The molecule has 7 heteroatoms. The molecule has 2 N–H and O–H groups in total. The molecule has 1 aromatic carbocycles. The average Bonchev–Trinajstić information content (AvgIpc) is 3.64. The van der Waals surface area contributed by atoms with Gasteiger partial charge in [-0.15, -0.1) is 0 Å². The summed E-state index contributed by atoms with van der Waals surface area (Å²) in [6.45, 7) is 0.0990. The van der Waals surface area contributed by atoms with E-state index in [9.17, 15) is 17.6 Å². The second kappa shape index (κ2) is 9.26. The molecular weight excluding hydrogens is 429 g/mol. The standard InChI is InChI=1S/C25H34FNO4S/c26-15-20(16-27)17-31-21-4-6-22(7-5-21)32(29,30)18-24-9-12-25(13-10-24,14-11-24)23(28)8-3-19-1-2-19/h4-7,15,19H,1-3,8-14,16-18,27H2/b20-15+. The van der Waals surface area contributed by atoms with Crippen LogP contribution in [0.15, 0.2) is 41.1 Å². The van der Waals surface area contributed by atoms with Gasteiger partial charge < -0.3 is 10.5 Å². The van der Waals surface area contributed by atoms with Gasteiger partial charge in [-0.3, -0.25) is 4.79 Å². The highest BCUT2D eigenvalue weighted by molar-refractivity contribution is 7.91. The number of rotatable bonds is 11. The van der Waals surface area contributed by atoms with E-state index in [1.165, 1.54) is 12.8 Å². The second-order valence-electron chi connectivity index (χ2n) is 10.2. The summed E-state index contributed by atoms with van der Waals surface area (Å²) in [6, 6.07) is 6.31. The van der Waals surface area contributed by atoms with Crippen molar-refractivity contribution in [2.24, 2.45) is 22.5 Å². The van der Waals surface area contributed by atoms with Crippen molar-refractivity contribution in [2.45, 2.75) is 69.1 Å². The Bertz CT molecular complexity index is 942. The molecule has 4 fully saturated rings. The van der Waals surface area contributed by atoms with E-state index in [-0.39, 0.29) is 34.6 Å². The van der Waals surface area contributed by atoms with Crippen molar-refractivity contribution in [3.63, 3.8) is 0 Å². The highest BCUT2D eigenvalue weighted by atomic mass is 32.2. The van der Waals surface area contributed by atoms with E-state index in [4.69, 9.17) is 10.5 Å². The van der Waals surface area contributed by atoms with Gasteiger partial charge >= 0.3 is 0 Å². The molecule has 32 heavy (non-hydrogen) atoms. The monoisotopic (exact) mass is 463 g/mol. The number of ketones is 1. The molecule has 0 aliphatic heterocycles. The number of hydrogen-bond acceptors (Lipinski definition) is 5. The van der Waals surface area contributed by atoms with Crippen molar-refractivity contribution in [1.29, 1.82) is 0 Å². The first-order chi connectivity index (χ1) is 15.3. The van der Waals surface area contributed by atoms with Gasteiger partial charge in [-0.05, 0) is 80.5 Å². The zero-order valence-electron chi connectivity index (χ0n) is 18.7. The lowest BCUT2D eigenvalue weighted by Gasteiger charge is -2.52. The number of Topliss-reactive ketones (excluding diaryl/α,β-unsaturated/α-hetero) is 1. The van der Waals surface area contributed by atoms with Crippen molar-refractivity contribution in [2.75, 3.05) is 18.9 Å². The van der Waals surface area contributed by atoms with Crippen LogP contribution in [0.4, 0.5) is 4.39 Å². The van der Waals surface area contributed by atoms with E-state index in [0.717, 1.165) is 50.9 Å². The van der Waals surface area contributed by atoms with Gasteiger partial charge in [0.15, 0.2) is 9.84 Å². The second-order valence-corrected chi connectivity index (χ2v) is 12.2. The predicted molar refractivity (Wildman–Crippen MR) is 122 cm³/mol. The number of ether oxygens (including phenoxy) is 1. The molecule has 1 aromatic rings. The molecule has 0 atom stereocenters. The van der Waals surface area contributed by atoms with E-state index in [1.807, 2.05) is 0 Å². The quantitative estimate of drug-likeness (QED) is 0.512. The molecule has 0 aromatic heterocycles. The maximum Gasteiger partial charge on any atom is 0.178 e. The minimum Gasteiger partial charge on any atom is -0.489 e. The Morgan fingerprint density at radius 2 is 1.72 bits per heavy atom. The Hall–Kier alpha value is -1.73. The fraction of sp³-hybridized carbons (Fsp3) is 0.640. The summed E-state index contributed by atoms with van der Waals surface area (Å²) in [4.78, 5) is 13.2. The van der Waals surface area contributed by atoms with Crippen molar-refractivity contribution < 1.29 is 22.3 Å². The molecule has 5 rings (SSSR count). The molecule has 0 spiro atoms. The number of carbonyl (C=O) groups excluding carboxylic acids is 1. The first-order valence-electron chi connectivity index (χ1n) is 11.8. The van der Waals surface area contributed by atoms with Crippen LogP contribution < -0.4 is 10.5 Å². The first kappa shape index (κ1) is 23.4. The molecule has 4 aliphatic carbocycles. The summed E-state index contributed by atoms with van der Waals surface area (Å²) in [5.41, 5.74) is 5.35. The summed E-state index contributed by atoms with van der Waals surface area (Å²) in [5.74, 6) is 1.80. The van der Waals surface area contributed by atoms with Gasteiger partial charge in [0.2, 0.25) is 0 Å². The Morgan fingerprint density at radius 1 is 1.09 bits per heavy atom. The van der Waals surface area contributed by atoms with E-state index < -0.39 is 9.84 Å². The molecule has 0 heterocycles. The molecule has 0 saturated heterocycles. The molecular formula is C25H34FNO4S. The Kier molecular flexibility index (Phi) is 6.78. The fourth-order valence-corrected chi connectivity index (χ4v) is 7.40. The minimum atomic E-state index is -3.45. The Labute approximate surface area is 190 Å². The molecule has 2 bridgehead atoms. The smallest absolute Gasteiger partial charge is 0.178 e. The molecule has 0 radical (unpaired) electrons. The number of nitrogens with two attached hydrogens (primary N) is 1. The molecule has 4 aliphatic rings. The lowest BCUT2D eigenvalue weighted by molar-refractivity contribution is -0.137. The maximum absolute atomic E-state index is 13.2. The van der Waals surface area contributed by atoms with Crippen LogP contribution in [0.25, 0.3) is 0 Å². The van der Waals surface area contributed by atoms with Crippen molar-refractivity contribution in [3.8, 4) is 5.75 Å². The van der Waals surface area contributed by atoms with Gasteiger partial charge in [-0.25, -0.2) is 12.8 Å². The number of fused-ring (bicyclic) bond motifs is 3. The average molecular weight is 464 g/mol. The zero-order valence-corrected chi connectivity index (χ0v) is 19.5. The van der Waals surface area contributed by atoms with Crippen LogP contribution in [0.1, 0.15) is 64.2 Å². The molecule has 4 saturated carbocycles. The summed E-state index contributed by atoms with van der Waals surface area (Å²) in [7, 11) is -3.45. The Balaban J connectivity index is 1.35. The lowest BCUT2D eigenvalue weighted by Crippen LogP contribution is -2.48. The van der Waals surface area contributed by atoms with E-state index in [0.29, 0.717) is 29.9 Å². The number of benzene rings is 1. The largest absolute Gasteiger partial charge is 0.489 e. The topological polar surface area (TPSA) is 86.5 Å². The number of sulfone groups is 1. The van der Waals surface area contributed by atoms with Crippen molar-refractivity contribution in [1.82, 2.24) is 0 Å². The minimum absolute atomic E-state index is 0.0311. The summed E-state index contributed by atoms with van der Waals surface area (Å²) < 4.78 is 44.4. The van der Waals surface area contributed by atoms with Crippen LogP contribution in [-0.4, -0.2) is 33.1 Å². The summed E-state index contributed by atoms with van der Waals surface area (Å²) >= 11 is 0. The van der Waals surface area contributed by atoms with Gasteiger partial charge in [0.25, 0.3) is 0 Å². The first-order valence-corrected chi connectivity index (χ1v) is 13.4. The van der Waals surface area contributed by atoms with Crippen LogP contribution in [0, 0.1) is 16.7 Å². The molecule has 5 nitrogen and oxygen atoms in total. The lowest BCUT2D eigenvalue weighted by atomic mass is 9.53. The van der Waals surface area contributed by atoms with E-state index >= 15 is 0 Å². The third-order valence-electron chi connectivity index (χ3n) is 7.99. The SMILES string of the molecule is NC/C(=C\F)COc1ccc(S(=O)(=O)CC23CCC(C(=O)CCC4CC4)(CC2)CC3)cc1. The summed E-state index contributed by atoms with van der Waals surface area (Å²) in [6.07, 6.45) is 9.70. The van der Waals surface area contributed by atoms with Crippen molar-refractivity contribution in [3.05, 3.63) is 36.2 Å². The van der Waals surface area contributed by atoms with Crippen LogP contribution in [0.2, 0.25) is 0 Å². The number of halogens is 1. The van der Waals surface area contributed by atoms with Gasteiger partial charge in [0, 0.05) is 24.0 Å². The maximum atomic E-state index is 13.2. The zero-order chi connectivity index (χ0) is 22.8. The van der Waals surface area contributed by atoms with Crippen LogP contribution in [0.5, 0.6) is 5.75 Å². The Morgan fingerprint density at radius 3 is 2.25 bits per heavy atom. The highest BCUT2D eigenvalue weighted by Gasteiger charge is 2.53. The third kappa shape index (κ3) is 5.09. The number of hydrogen-bond donors (Lipinski definition) is 1. The van der Waals surface area contributed by atoms with E-state index in [1.54, 1.807) is 24.3 Å². The highest BCUT2D eigenvalue weighted by Crippen LogP contribution is 2.58. The normalized spacial score (nSPS) is 28.0. The van der Waals surface area contributed by atoms with E-state index in [2.05, 4.69) is 0 Å². The fourth-order valence-electron chi connectivity index (χ4n) is 5.45. The molecule has 0 unspecified atom stereocenters. The summed E-state index contributed by atoms with van der Waals surface area (Å²) in [5, 5.41) is 0. The van der Waals surface area contributed by atoms with Crippen LogP contribution in [0.3, 0.4) is 0 Å². The van der Waals surface area contributed by atoms with Crippen LogP contribution in [-0.2, 0) is 14.6 Å².